The van der Waals surface area contributed by atoms with E-state index in [4.69, 9.17) is 0 Å². The van der Waals surface area contributed by atoms with Crippen molar-refractivity contribution in [3.05, 3.63) is 11.6 Å². The van der Waals surface area contributed by atoms with E-state index in [-0.39, 0.29) is 24.0 Å². The number of aliphatic imine (C=N–C) groups is 1. The molecule has 0 fully saturated rings. The summed E-state index contributed by atoms with van der Waals surface area (Å²) in [7, 11) is 1.82. The highest BCUT2D eigenvalue weighted by molar-refractivity contribution is 14.0. The molecule has 2 N–H and O–H groups in total. The van der Waals surface area contributed by atoms with E-state index in [1.54, 1.807) is 0 Å². The molecule has 1 aromatic heterocycles. The second-order valence-electron chi connectivity index (χ2n) is 6.97. The summed E-state index contributed by atoms with van der Waals surface area (Å²) >= 11 is 0. The van der Waals surface area contributed by atoms with Crippen LogP contribution in [0, 0.1) is 0 Å². The SMILES string of the molecule is CCCCCCCCCCNC(=NC)NCc1nnc2n1CCCC2.I. The highest BCUT2D eigenvalue weighted by Crippen LogP contribution is 2.13. The number of nitrogens with one attached hydrogen (secondary N) is 2. The van der Waals surface area contributed by atoms with Gasteiger partial charge in [0.05, 0.1) is 6.54 Å². The fraction of sp³-hybridized carbons (Fsp3) is 0.842. The molecule has 7 heteroatoms. The highest BCUT2D eigenvalue weighted by atomic mass is 127. The van der Waals surface area contributed by atoms with Crippen LogP contribution in [0.3, 0.4) is 0 Å². The van der Waals surface area contributed by atoms with Gasteiger partial charge in [-0.05, 0) is 19.3 Å². The molecular formula is C19H37IN6. The third-order valence-electron chi connectivity index (χ3n) is 4.90. The minimum absolute atomic E-state index is 0. The zero-order valence-electron chi connectivity index (χ0n) is 16.6. The summed E-state index contributed by atoms with van der Waals surface area (Å²) in [4.78, 5) is 4.30. The van der Waals surface area contributed by atoms with Crippen molar-refractivity contribution < 1.29 is 0 Å². The van der Waals surface area contributed by atoms with Crippen LogP contribution in [0.5, 0.6) is 0 Å². The Kier molecular flexibility index (Phi) is 12.7. The van der Waals surface area contributed by atoms with Crippen molar-refractivity contribution in [2.45, 2.75) is 90.6 Å². The molecular weight excluding hydrogens is 439 g/mol. The number of guanidine groups is 1. The second kappa shape index (κ2) is 14.2. The van der Waals surface area contributed by atoms with E-state index in [1.807, 2.05) is 7.05 Å². The van der Waals surface area contributed by atoms with Gasteiger partial charge in [0, 0.05) is 26.6 Å². The lowest BCUT2D eigenvalue weighted by Gasteiger charge is -2.16. The molecule has 26 heavy (non-hydrogen) atoms. The van der Waals surface area contributed by atoms with E-state index < -0.39 is 0 Å². The molecule has 0 bridgehead atoms. The molecule has 0 amide bonds. The van der Waals surface area contributed by atoms with Crippen LogP contribution < -0.4 is 10.6 Å². The number of nitrogens with zero attached hydrogens (tertiary/aromatic N) is 4. The first kappa shape index (κ1) is 23.2. The largest absolute Gasteiger partial charge is 0.356 e. The van der Waals surface area contributed by atoms with Crippen LogP contribution in [-0.2, 0) is 19.5 Å². The fourth-order valence-corrected chi connectivity index (χ4v) is 3.35. The molecule has 2 rings (SSSR count). The van der Waals surface area contributed by atoms with Gasteiger partial charge < -0.3 is 15.2 Å². The maximum absolute atomic E-state index is 4.32. The monoisotopic (exact) mass is 476 g/mol. The molecule has 6 nitrogen and oxygen atoms in total. The smallest absolute Gasteiger partial charge is 0.191 e. The Balaban J connectivity index is 0.00000338. The van der Waals surface area contributed by atoms with Gasteiger partial charge in [0.2, 0.25) is 0 Å². The van der Waals surface area contributed by atoms with Crippen LogP contribution >= 0.6 is 24.0 Å². The molecule has 0 atom stereocenters. The summed E-state index contributed by atoms with van der Waals surface area (Å²) in [6.07, 6.45) is 14.3. The molecule has 150 valence electrons. The van der Waals surface area contributed by atoms with Crippen molar-refractivity contribution in [1.29, 1.82) is 0 Å². The quantitative estimate of drug-likeness (QED) is 0.219. The molecule has 0 aliphatic carbocycles. The van der Waals surface area contributed by atoms with Crippen LogP contribution in [0.4, 0.5) is 0 Å². The van der Waals surface area contributed by atoms with E-state index in [2.05, 4.69) is 37.3 Å². The molecule has 0 saturated heterocycles. The zero-order chi connectivity index (χ0) is 17.7. The Labute approximate surface area is 176 Å². The predicted molar refractivity (Wildman–Crippen MR) is 119 cm³/mol. The van der Waals surface area contributed by atoms with E-state index in [1.165, 1.54) is 64.2 Å². The second-order valence-corrected chi connectivity index (χ2v) is 6.97. The summed E-state index contributed by atoms with van der Waals surface area (Å²) in [6, 6.07) is 0. The molecule has 1 aliphatic rings. The molecule has 2 heterocycles. The topological polar surface area (TPSA) is 67.1 Å². The summed E-state index contributed by atoms with van der Waals surface area (Å²) in [5, 5.41) is 15.4. The average molecular weight is 476 g/mol. The molecule has 0 unspecified atom stereocenters. The van der Waals surface area contributed by atoms with Crippen molar-refractivity contribution in [1.82, 2.24) is 25.4 Å². The summed E-state index contributed by atoms with van der Waals surface area (Å²) in [5.41, 5.74) is 0. The number of hydrogen-bond acceptors (Lipinski definition) is 3. The number of unbranched alkanes of at least 4 members (excludes halogenated alkanes) is 7. The van der Waals surface area contributed by atoms with Gasteiger partial charge in [-0.3, -0.25) is 4.99 Å². The van der Waals surface area contributed by atoms with Crippen LogP contribution in [0.2, 0.25) is 0 Å². The Morgan fingerprint density at radius 3 is 2.46 bits per heavy atom. The zero-order valence-corrected chi connectivity index (χ0v) is 18.9. The van der Waals surface area contributed by atoms with Crippen LogP contribution in [0.15, 0.2) is 4.99 Å². The Morgan fingerprint density at radius 2 is 1.73 bits per heavy atom. The minimum Gasteiger partial charge on any atom is -0.356 e. The van der Waals surface area contributed by atoms with Crippen molar-refractivity contribution >= 4 is 29.9 Å². The van der Waals surface area contributed by atoms with Crippen LogP contribution in [0.1, 0.15) is 82.8 Å². The van der Waals surface area contributed by atoms with Crippen LogP contribution in [0.25, 0.3) is 0 Å². The summed E-state index contributed by atoms with van der Waals surface area (Å²) < 4.78 is 2.25. The first-order valence-electron chi connectivity index (χ1n) is 10.2. The number of aromatic nitrogens is 3. The third-order valence-corrected chi connectivity index (χ3v) is 4.90. The third kappa shape index (κ3) is 8.22. The first-order valence-corrected chi connectivity index (χ1v) is 10.2. The maximum atomic E-state index is 4.32. The first-order chi connectivity index (χ1) is 12.3. The number of halogens is 1. The van der Waals surface area contributed by atoms with Gasteiger partial charge in [0.25, 0.3) is 0 Å². The lowest BCUT2D eigenvalue weighted by atomic mass is 10.1. The number of hydrogen-bond donors (Lipinski definition) is 2. The van der Waals surface area contributed by atoms with Gasteiger partial charge in [-0.1, -0.05) is 51.9 Å². The molecule has 1 aliphatic heterocycles. The van der Waals surface area contributed by atoms with Gasteiger partial charge >= 0.3 is 0 Å². The molecule has 1 aromatic rings. The van der Waals surface area contributed by atoms with Gasteiger partial charge in [0.1, 0.15) is 5.82 Å². The fourth-order valence-electron chi connectivity index (χ4n) is 3.35. The lowest BCUT2D eigenvalue weighted by molar-refractivity contribution is 0.504. The van der Waals surface area contributed by atoms with Crippen molar-refractivity contribution in [3.63, 3.8) is 0 Å². The van der Waals surface area contributed by atoms with E-state index in [0.717, 1.165) is 37.1 Å². The lowest BCUT2D eigenvalue weighted by Crippen LogP contribution is -2.38. The summed E-state index contributed by atoms with van der Waals surface area (Å²) in [6.45, 7) is 4.98. The maximum Gasteiger partial charge on any atom is 0.191 e. The Bertz CT molecular complexity index is 514. The normalized spacial score (nSPS) is 13.8. The van der Waals surface area contributed by atoms with Crippen molar-refractivity contribution in [3.8, 4) is 0 Å². The van der Waals surface area contributed by atoms with E-state index >= 15 is 0 Å². The number of fused-ring (bicyclic) bond motifs is 1. The van der Waals surface area contributed by atoms with Gasteiger partial charge in [0.15, 0.2) is 11.8 Å². The van der Waals surface area contributed by atoms with Crippen LogP contribution in [-0.4, -0.2) is 34.3 Å². The molecule has 0 radical (unpaired) electrons. The van der Waals surface area contributed by atoms with E-state index in [9.17, 15) is 0 Å². The molecule has 0 spiro atoms. The average Bonchev–Trinajstić information content (AvgIpc) is 3.06. The predicted octanol–water partition coefficient (Wildman–Crippen LogP) is 4.04. The van der Waals surface area contributed by atoms with Crippen molar-refractivity contribution in [2.75, 3.05) is 13.6 Å². The molecule has 0 aromatic carbocycles. The highest BCUT2D eigenvalue weighted by Gasteiger charge is 2.15. The minimum atomic E-state index is 0. The van der Waals surface area contributed by atoms with E-state index in [0.29, 0.717) is 6.54 Å². The molecule has 0 saturated carbocycles. The van der Waals surface area contributed by atoms with Gasteiger partial charge in [-0.2, -0.15) is 0 Å². The Morgan fingerprint density at radius 1 is 1.00 bits per heavy atom. The van der Waals surface area contributed by atoms with Crippen molar-refractivity contribution in [2.24, 2.45) is 4.99 Å². The Hall–Kier alpha value is -0.860. The number of rotatable bonds is 11. The van der Waals surface area contributed by atoms with Gasteiger partial charge in [-0.15, -0.1) is 34.2 Å². The van der Waals surface area contributed by atoms with Gasteiger partial charge in [-0.25, -0.2) is 0 Å². The summed E-state index contributed by atoms with van der Waals surface area (Å²) in [5.74, 6) is 3.01. The number of aryl methyl sites for hydroxylation is 1. The standard InChI is InChI=1S/C19H36N6.HI/c1-3-4-5-6-7-8-9-11-14-21-19(20-2)22-16-18-24-23-17-13-10-12-15-25(17)18;/h3-16H2,1-2H3,(H2,20,21,22);1H.